The number of aliphatic imine (C=N–C) groups is 1. The van der Waals surface area contributed by atoms with Gasteiger partial charge in [0.25, 0.3) is 5.91 Å². The molecule has 2 N–H and O–H groups in total. The van der Waals surface area contributed by atoms with Crippen LogP contribution in [0.3, 0.4) is 0 Å². The number of allylic oxidation sites excluding steroid dienone is 1. The van der Waals surface area contributed by atoms with Gasteiger partial charge in [-0.15, -0.1) is 0 Å². The van der Waals surface area contributed by atoms with Crippen molar-refractivity contribution in [3.63, 3.8) is 0 Å². The Balaban J connectivity index is 1.52. The van der Waals surface area contributed by atoms with Crippen molar-refractivity contribution in [3.8, 4) is 5.75 Å². The highest BCUT2D eigenvalue weighted by atomic mass is 16.3. The predicted octanol–water partition coefficient (Wildman–Crippen LogP) is 4.21. The lowest BCUT2D eigenvalue weighted by Crippen LogP contribution is -2.37. The van der Waals surface area contributed by atoms with Gasteiger partial charge in [0.1, 0.15) is 17.6 Å². The second kappa shape index (κ2) is 8.35. The van der Waals surface area contributed by atoms with Gasteiger partial charge in [-0.2, -0.15) is 0 Å². The number of nitrogens with one attached hydrogen (secondary N) is 1. The molecule has 5 nitrogen and oxygen atoms in total. The molecule has 1 fully saturated rings. The van der Waals surface area contributed by atoms with Crippen molar-refractivity contribution in [2.75, 3.05) is 6.54 Å². The average Bonchev–Trinajstić information content (AvgIpc) is 3.17. The van der Waals surface area contributed by atoms with Crippen molar-refractivity contribution in [2.45, 2.75) is 25.3 Å². The number of phenols is 1. The van der Waals surface area contributed by atoms with Gasteiger partial charge in [-0.05, 0) is 41.0 Å². The second-order valence-corrected chi connectivity index (χ2v) is 8.31. The summed E-state index contributed by atoms with van der Waals surface area (Å²) in [5.74, 6) is 1.10. The summed E-state index contributed by atoms with van der Waals surface area (Å²) >= 11 is 0. The van der Waals surface area contributed by atoms with E-state index in [9.17, 15) is 9.90 Å². The van der Waals surface area contributed by atoms with Crippen LogP contribution in [-0.2, 0) is 11.2 Å². The van der Waals surface area contributed by atoms with Gasteiger partial charge in [0.2, 0.25) is 0 Å². The van der Waals surface area contributed by atoms with Crippen LogP contribution in [0.15, 0.2) is 101 Å². The van der Waals surface area contributed by atoms with Gasteiger partial charge in [-0.1, -0.05) is 67.6 Å². The third-order valence-electron chi connectivity index (χ3n) is 6.19. The van der Waals surface area contributed by atoms with Crippen LogP contribution in [0.2, 0.25) is 0 Å². The van der Waals surface area contributed by atoms with E-state index in [0.29, 0.717) is 13.0 Å². The highest BCUT2D eigenvalue weighted by Crippen LogP contribution is 2.32. The first-order chi connectivity index (χ1) is 15.6. The Morgan fingerprint density at radius 1 is 1.00 bits per heavy atom. The number of benzene rings is 3. The van der Waals surface area contributed by atoms with Crippen molar-refractivity contribution in [1.82, 2.24) is 10.2 Å². The quantitative estimate of drug-likeness (QED) is 0.646. The smallest absolute Gasteiger partial charge is 0.251 e. The van der Waals surface area contributed by atoms with Crippen LogP contribution in [0.4, 0.5) is 0 Å². The van der Waals surface area contributed by atoms with Gasteiger partial charge < -0.3 is 10.4 Å². The van der Waals surface area contributed by atoms with E-state index in [0.717, 1.165) is 33.9 Å². The molecule has 2 aliphatic heterocycles. The van der Waals surface area contributed by atoms with E-state index in [2.05, 4.69) is 36.5 Å². The Morgan fingerprint density at radius 2 is 1.66 bits per heavy atom. The first kappa shape index (κ1) is 20.1. The Bertz CT molecular complexity index is 1180. The van der Waals surface area contributed by atoms with Crippen molar-refractivity contribution < 1.29 is 9.90 Å². The maximum Gasteiger partial charge on any atom is 0.251 e. The number of amides is 1. The monoisotopic (exact) mass is 423 g/mol. The fourth-order valence-electron chi connectivity index (χ4n) is 4.37. The maximum absolute atomic E-state index is 13.5. The Kier molecular flexibility index (Phi) is 5.23. The largest absolute Gasteiger partial charge is 0.508 e. The van der Waals surface area contributed by atoms with E-state index in [1.54, 1.807) is 12.1 Å². The number of carbonyl (C=O) groups is 1. The topological polar surface area (TPSA) is 64.9 Å². The molecular formula is C27H25N3O2. The number of phenolic OH excluding ortho intramolecular Hbond substituents is 1. The normalized spacial score (nSPS) is 18.8. The molecule has 2 atom stereocenters. The van der Waals surface area contributed by atoms with Gasteiger partial charge >= 0.3 is 0 Å². The summed E-state index contributed by atoms with van der Waals surface area (Å²) < 4.78 is 0. The van der Waals surface area contributed by atoms with Gasteiger partial charge in [0.05, 0.1) is 18.0 Å². The highest BCUT2D eigenvalue weighted by molar-refractivity contribution is 6.06. The molecule has 0 radical (unpaired) electrons. The van der Waals surface area contributed by atoms with Crippen LogP contribution in [0.25, 0.3) is 0 Å². The zero-order chi connectivity index (χ0) is 22.1. The van der Waals surface area contributed by atoms with Gasteiger partial charge in [-0.25, -0.2) is 0 Å². The third kappa shape index (κ3) is 3.78. The fraction of sp³-hybridized carbons (Fsp3) is 0.185. The lowest BCUT2D eigenvalue weighted by atomic mass is 9.93. The molecule has 1 amide bonds. The van der Waals surface area contributed by atoms with E-state index in [1.165, 1.54) is 0 Å². The summed E-state index contributed by atoms with van der Waals surface area (Å²) in [5.41, 5.74) is 4.84. The minimum absolute atomic E-state index is 0.0249. The van der Waals surface area contributed by atoms with Gasteiger partial charge in [0.15, 0.2) is 0 Å². The van der Waals surface area contributed by atoms with Crippen molar-refractivity contribution >= 4 is 11.6 Å². The molecule has 0 bridgehead atoms. The molecule has 0 saturated carbocycles. The summed E-state index contributed by atoms with van der Waals surface area (Å²) in [6.45, 7) is 2.49. The van der Waals surface area contributed by atoms with Crippen LogP contribution in [0.5, 0.6) is 5.75 Å². The zero-order valence-corrected chi connectivity index (χ0v) is 17.9. The van der Waals surface area contributed by atoms with Gasteiger partial charge in [0, 0.05) is 12.3 Å². The van der Waals surface area contributed by atoms with E-state index in [1.807, 2.05) is 53.4 Å². The predicted molar refractivity (Wildman–Crippen MR) is 125 cm³/mol. The second-order valence-electron chi connectivity index (χ2n) is 8.31. The SMILES string of the molecule is CC(c1ccccc1)C1NC2=C(Cc3ccccc3)N=C(c3ccc(O)cc3)CN2C1=O. The minimum atomic E-state index is -0.340. The molecule has 0 spiro atoms. The zero-order valence-electron chi connectivity index (χ0n) is 17.9. The van der Waals surface area contributed by atoms with Crippen molar-refractivity contribution in [2.24, 2.45) is 4.99 Å². The number of rotatable bonds is 5. The number of nitrogens with zero attached hydrogens (tertiary/aromatic N) is 2. The number of fused-ring (bicyclic) bond motifs is 1. The highest BCUT2D eigenvalue weighted by Gasteiger charge is 2.42. The molecule has 32 heavy (non-hydrogen) atoms. The number of hydrogen-bond acceptors (Lipinski definition) is 4. The molecule has 2 aliphatic rings. The lowest BCUT2D eigenvalue weighted by Gasteiger charge is -2.25. The first-order valence-electron chi connectivity index (χ1n) is 10.9. The molecular weight excluding hydrogens is 398 g/mol. The molecule has 5 rings (SSSR count). The van der Waals surface area contributed by atoms with E-state index in [-0.39, 0.29) is 23.6 Å². The van der Waals surface area contributed by atoms with E-state index < -0.39 is 0 Å². The molecule has 2 unspecified atom stereocenters. The van der Waals surface area contributed by atoms with Gasteiger partial charge in [-0.3, -0.25) is 14.7 Å². The van der Waals surface area contributed by atoms with E-state index in [4.69, 9.17) is 4.99 Å². The molecule has 0 aromatic heterocycles. The number of hydrogen-bond donors (Lipinski definition) is 2. The Hall–Kier alpha value is -3.86. The summed E-state index contributed by atoms with van der Waals surface area (Å²) in [6, 6.07) is 26.9. The minimum Gasteiger partial charge on any atom is -0.508 e. The fourth-order valence-corrected chi connectivity index (χ4v) is 4.37. The maximum atomic E-state index is 13.5. The van der Waals surface area contributed by atoms with Crippen LogP contribution in [0, 0.1) is 0 Å². The van der Waals surface area contributed by atoms with Crippen LogP contribution in [-0.4, -0.2) is 34.2 Å². The molecule has 3 aromatic rings. The molecule has 5 heteroatoms. The van der Waals surface area contributed by atoms with Crippen LogP contribution in [0.1, 0.15) is 29.5 Å². The molecule has 2 heterocycles. The summed E-state index contributed by atoms with van der Waals surface area (Å²) in [5, 5.41) is 13.2. The lowest BCUT2D eigenvalue weighted by molar-refractivity contribution is -0.127. The summed E-state index contributed by atoms with van der Waals surface area (Å²) in [7, 11) is 0. The third-order valence-corrected chi connectivity index (χ3v) is 6.19. The standard InChI is InChI=1S/C27H25N3O2/c1-18(20-10-6-3-7-11-20)25-27(32)30-17-24(21-12-14-22(31)15-13-21)28-23(26(30)29-25)16-19-8-4-2-5-9-19/h2-15,18,25,29,31H,16-17H2,1H3. The van der Waals surface area contributed by atoms with Crippen LogP contribution < -0.4 is 5.32 Å². The summed E-state index contributed by atoms with van der Waals surface area (Å²) in [6.07, 6.45) is 0.626. The molecule has 0 aliphatic carbocycles. The van der Waals surface area contributed by atoms with E-state index >= 15 is 0 Å². The van der Waals surface area contributed by atoms with Crippen molar-refractivity contribution in [3.05, 3.63) is 113 Å². The number of aromatic hydroxyl groups is 1. The number of carbonyl (C=O) groups excluding carboxylic acids is 1. The Morgan fingerprint density at radius 3 is 2.34 bits per heavy atom. The molecule has 1 saturated heterocycles. The summed E-state index contributed by atoms with van der Waals surface area (Å²) in [4.78, 5) is 20.3. The molecule has 160 valence electrons. The average molecular weight is 424 g/mol. The van der Waals surface area contributed by atoms with Crippen molar-refractivity contribution in [1.29, 1.82) is 0 Å². The Labute approximate surface area is 187 Å². The first-order valence-corrected chi connectivity index (χ1v) is 10.9. The van der Waals surface area contributed by atoms with Crippen LogP contribution >= 0.6 is 0 Å². The molecule has 3 aromatic carbocycles.